The Kier molecular flexibility index (Phi) is 6.07. The molecule has 0 aliphatic carbocycles. The van der Waals surface area contributed by atoms with Crippen LogP contribution in [0.25, 0.3) is 0 Å². The van der Waals surface area contributed by atoms with E-state index < -0.39 is 0 Å². The second kappa shape index (κ2) is 9.25. The number of amides is 2. The van der Waals surface area contributed by atoms with Crippen molar-refractivity contribution < 1.29 is 4.79 Å². The molecule has 5 N–H and O–H groups in total. The number of aromatic nitrogens is 2. The number of urea groups is 1. The molecule has 0 spiro atoms. The van der Waals surface area contributed by atoms with Crippen LogP contribution in [0.1, 0.15) is 29.9 Å². The van der Waals surface area contributed by atoms with E-state index in [-0.39, 0.29) is 11.9 Å². The molecule has 1 aliphatic rings. The number of hydrogen-bond donors (Lipinski definition) is 4. The number of nitrogens with zero attached hydrogens (tertiary/aromatic N) is 3. The molecule has 0 saturated carbocycles. The molecule has 2 heterocycles. The Morgan fingerprint density at radius 3 is 2.68 bits per heavy atom. The first kappa shape index (κ1) is 20.3. The van der Waals surface area contributed by atoms with Crippen molar-refractivity contribution in [2.75, 3.05) is 34.4 Å². The smallest absolute Gasteiger partial charge is 0.323 e. The third kappa shape index (κ3) is 4.80. The van der Waals surface area contributed by atoms with Crippen molar-refractivity contribution in [2.45, 2.75) is 18.8 Å². The number of rotatable bonds is 5. The first-order chi connectivity index (χ1) is 15.1. The van der Waals surface area contributed by atoms with Gasteiger partial charge in [0.15, 0.2) is 0 Å². The number of hydrogen-bond acceptors (Lipinski definition) is 6. The van der Waals surface area contributed by atoms with Gasteiger partial charge in [-0.15, -0.1) is 0 Å². The molecule has 4 rings (SSSR count). The first-order valence-electron chi connectivity index (χ1n) is 10.2. The highest BCUT2D eigenvalue weighted by Gasteiger charge is 2.24. The largest absolute Gasteiger partial charge is 0.383 e. The minimum Gasteiger partial charge on any atom is -0.383 e. The lowest BCUT2D eigenvalue weighted by Gasteiger charge is -2.34. The van der Waals surface area contributed by atoms with Crippen molar-refractivity contribution in [1.29, 1.82) is 5.41 Å². The standard InChI is InChI=1S/C23H25N7O/c24-13-20-21(25)26-15-27-22(20)30-11-5-7-17(14-30)16-6-4-10-19(12-16)29-23(31)28-18-8-2-1-3-9-18/h1-4,6,8-10,12-13,15,17,24H,5,7,11,14H2,(H2,25,26,27)(H2,28,29,31). The summed E-state index contributed by atoms with van der Waals surface area (Å²) in [5, 5.41) is 13.4. The van der Waals surface area contributed by atoms with Gasteiger partial charge in [0.05, 0.1) is 5.56 Å². The van der Waals surface area contributed by atoms with Crippen molar-refractivity contribution >= 4 is 35.3 Å². The molecule has 2 aromatic carbocycles. The zero-order chi connectivity index (χ0) is 21.6. The Morgan fingerprint density at radius 2 is 1.87 bits per heavy atom. The van der Waals surface area contributed by atoms with Gasteiger partial charge in [-0.05, 0) is 42.7 Å². The van der Waals surface area contributed by atoms with Gasteiger partial charge in [-0.3, -0.25) is 0 Å². The van der Waals surface area contributed by atoms with Crippen molar-refractivity contribution in [3.63, 3.8) is 0 Å². The first-order valence-corrected chi connectivity index (χ1v) is 10.2. The lowest BCUT2D eigenvalue weighted by Crippen LogP contribution is -2.36. The number of para-hydroxylation sites is 1. The van der Waals surface area contributed by atoms with Gasteiger partial charge < -0.3 is 26.7 Å². The molecule has 31 heavy (non-hydrogen) atoms. The summed E-state index contributed by atoms with van der Waals surface area (Å²) in [4.78, 5) is 22.9. The molecule has 1 saturated heterocycles. The van der Waals surface area contributed by atoms with E-state index in [0.29, 0.717) is 17.2 Å². The summed E-state index contributed by atoms with van der Waals surface area (Å²) in [6.45, 7) is 1.61. The van der Waals surface area contributed by atoms with Gasteiger partial charge in [0.2, 0.25) is 0 Å². The third-order valence-electron chi connectivity index (χ3n) is 5.41. The number of nitrogens with two attached hydrogens (primary N) is 1. The summed E-state index contributed by atoms with van der Waals surface area (Å²) in [6, 6.07) is 17.0. The molecule has 1 unspecified atom stereocenters. The topological polar surface area (TPSA) is 120 Å². The predicted molar refractivity (Wildman–Crippen MR) is 124 cm³/mol. The van der Waals surface area contributed by atoms with Crippen molar-refractivity contribution in [2.24, 2.45) is 0 Å². The van der Waals surface area contributed by atoms with Crippen LogP contribution in [0, 0.1) is 5.41 Å². The fourth-order valence-electron chi connectivity index (χ4n) is 3.92. The monoisotopic (exact) mass is 415 g/mol. The van der Waals surface area contributed by atoms with Crippen LogP contribution >= 0.6 is 0 Å². The summed E-state index contributed by atoms with van der Waals surface area (Å²) < 4.78 is 0. The Balaban J connectivity index is 1.47. The maximum Gasteiger partial charge on any atom is 0.323 e. The average Bonchev–Trinajstić information content (AvgIpc) is 2.80. The van der Waals surface area contributed by atoms with Crippen molar-refractivity contribution in [3.8, 4) is 0 Å². The number of nitrogen functional groups attached to an aromatic ring is 1. The number of piperidine rings is 1. The molecular weight excluding hydrogens is 390 g/mol. The van der Waals surface area contributed by atoms with E-state index in [4.69, 9.17) is 11.1 Å². The minimum atomic E-state index is -0.277. The van der Waals surface area contributed by atoms with Crippen LogP contribution in [0.5, 0.6) is 0 Å². The van der Waals surface area contributed by atoms with Crippen LogP contribution in [0.2, 0.25) is 0 Å². The van der Waals surface area contributed by atoms with Gasteiger partial charge in [-0.2, -0.15) is 0 Å². The second-order valence-electron chi connectivity index (χ2n) is 7.50. The van der Waals surface area contributed by atoms with Crippen LogP contribution in [0.3, 0.4) is 0 Å². The molecule has 1 aromatic heterocycles. The molecule has 1 fully saturated rings. The van der Waals surface area contributed by atoms with Gasteiger partial charge in [-0.1, -0.05) is 30.3 Å². The van der Waals surface area contributed by atoms with Gasteiger partial charge >= 0.3 is 6.03 Å². The molecule has 8 nitrogen and oxygen atoms in total. The molecule has 1 atom stereocenters. The Bertz CT molecular complexity index is 1070. The van der Waals surface area contributed by atoms with Gasteiger partial charge in [0.1, 0.15) is 18.0 Å². The number of anilines is 4. The molecule has 1 aliphatic heterocycles. The number of benzene rings is 2. The zero-order valence-corrected chi connectivity index (χ0v) is 17.1. The van der Waals surface area contributed by atoms with E-state index in [9.17, 15) is 4.79 Å². The zero-order valence-electron chi connectivity index (χ0n) is 17.1. The number of nitrogens with one attached hydrogen (secondary N) is 3. The Labute approximate surface area is 181 Å². The minimum absolute atomic E-state index is 0.277. The van der Waals surface area contributed by atoms with E-state index in [1.54, 1.807) is 0 Å². The van der Waals surface area contributed by atoms with E-state index >= 15 is 0 Å². The van der Waals surface area contributed by atoms with Crippen molar-refractivity contribution in [1.82, 2.24) is 9.97 Å². The highest BCUT2D eigenvalue weighted by Crippen LogP contribution is 2.32. The molecule has 2 amide bonds. The van der Waals surface area contributed by atoms with E-state index in [0.717, 1.165) is 42.9 Å². The van der Waals surface area contributed by atoms with E-state index in [2.05, 4.69) is 31.6 Å². The normalized spacial score (nSPS) is 15.9. The lowest BCUT2D eigenvalue weighted by molar-refractivity contribution is 0.262. The fourth-order valence-corrected chi connectivity index (χ4v) is 3.92. The van der Waals surface area contributed by atoms with Crippen LogP contribution in [-0.4, -0.2) is 35.3 Å². The van der Waals surface area contributed by atoms with Gasteiger partial charge in [-0.25, -0.2) is 14.8 Å². The molecule has 158 valence electrons. The van der Waals surface area contributed by atoms with Crippen LogP contribution in [0.4, 0.5) is 27.8 Å². The summed E-state index contributed by atoms with van der Waals surface area (Å²) in [5.41, 5.74) is 9.12. The molecule has 0 bridgehead atoms. The Hall–Kier alpha value is -3.94. The highest BCUT2D eigenvalue weighted by atomic mass is 16.2. The Morgan fingerprint density at radius 1 is 1.10 bits per heavy atom. The maximum atomic E-state index is 12.3. The molecular formula is C23H25N7O. The molecule has 8 heteroatoms. The summed E-state index contributed by atoms with van der Waals surface area (Å²) in [5.74, 6) is 1.30. The maximum absolute atomic E-state index is 12.3. The van der Waals surface area contributed by atoms with E-state index in [1.807, 2.05) is 48.5 Å². The van der Waals surface area contributed by atoms with E-state index in [1.165, 1.54) is 12.5 Å². The van der Waals surface area contributed by atoms with Crippen LogP contribution in [0.15, 0.2) is 60.9 Å². The quantitative estimate of drug-likeness (QED) is 0.468. The molecule has 3 aromatic rings. The predicted octanol–water partition coefficient (Wildman–Crippen LogP) is 4.08. The summed E-state index contributed by atoms with van der Waals surface area (Å²) >= 11 is 0. The van der Waals surface area contributed by atoms with Crippen LogP contribution < -0.4 is 21.3 Å². The highest BCUT2D eigenvalue weighted by molar-refractivity contribution is 5.99. The third-order valence-corrected chi connectivity index (χ3v) is 5.41. The van der Waals surface area contributed by atoms with Gasteiger partial charge in [0.25, 0.3) is 0 Å². The molecule has 0 radical (unpaired) electrons. The average molecular weight is 416 g/mol. The second-order valence-corrected chi connectivity index (χ2v) is 7.50. The number of carbonyl (C=O) groups is 1. The number of carbonyl (C=O) groups excluding carboxylic acids is 1. The SMILES string of the molecule is N=Cc1c(N)ncnc1N1CCCC(c2cccc(NC(=O)Nc3ccccc3)c2)C1. The van der Waals surface area contributed by atoms with Crippen molar-refractivity contribution in [3.05, 3.63) is 72.1 Å². The van der Waals surface area contributed by atoms with Gasteiger partial charge in [0, 0.05) is 36.6 Å². The summed E-state index contributed by atoms with van der Waals surface area (Å²) in [7, 11) is 0. The lowest BCUT2D eigenvalue weighted by atomic mass is 9.90. The van der Waals surface area contributed by atoms with Crippen LogP contribution in [-0.2, 0) is 0 Å². The fraction of sp³-hybridized carbons (Fsp3) is 0.217. The summed E-state index contributed by atoms with van der Waals surface area (Å²) in [6.07, 6.45) is 4.69.